The maximum absolute atomic E-state index is 11.1. The van der Waals surface area contributed by atoms with Crippen molar-refractivity contribution in [2.75, 3.05) is 108 Å². The number of piperidine rings is 1. The summed E-state index contributed by atoms with van der Waals surface area (Å²) >= 11 is 6.40. The average molecular weight is 811 g/mol. The molecule has 18 nitrogen and oxygen atoms in total. The molecule has 0 unspecified atom stereocenters. The van der Waals surface area contributed by atoms with Crippen LogP contribution in [0.1, 0.15) is 19.1 Å². The predicted octanol–water partition coefficient (Wildman–Crippen LogP) is 1.44. The number of aromatic nitrogens is 4. The van der Waals surface area contributed by atoms with Crippen molar-refractivity contribution in [1.29, 1.82) is 0 Å². The van der Waals surface area contributed by atoms with E-state index in [4.69, 9.17) is 61.0 Å². The Hall–Kier alpha value is -3.15. The zero-order chi connectivity index (χ0) is 38.8. The topological polar surface area (TPSA) is 213 Å². The van der Waals surface area contributed by atoms with Crippen molar-refractivity contribution >= 4 is 41.7 Å². The Bertz CT molecular complexity index is 1770. The molecule has 6 rings (SSSR count). The Labute approximate surface area is 323 Å². The van der Waals surface area contributed by atoms with Crippen molar-refractivity contribution in [2.45, 2.75) is 37.4 Å². The Morgan fingerprint density at radius 1 is 0.909 bits per heavy atom. The van der Waals surface area contributed by atoms with E-state index in [1.165, 1.54) is 4.68 Å². The lowest BCUT2D eigenvalue weighted by Crippen LogP contribution is -2.63. The van der Waals surface area contributed by atoms with Crippen molar-refractivity contribution in [2.24, 2.45) is 5.41 Å². The molecule has 3 fully saturated rings. The molecule has 302 valence electrons. The van der Waals surface area contributed by atoms with Gasteiger partial charge in [-0.15, -0.1) is 6.42 Å². The van der Waals surface area contributed by atoms with Gasteiger partial charge >= 0.3 is 7.60 Å². The highest BCUT2D eigenvalue weighted by Crippen LogP contribution is 2.44. The van der Waals surface area contributed by atoms with Crippen LogP contribution in [0.4, 0.5) is 11.5 Å². The lowest BCUT2D eigenvalue weighted by Gasteiger charge is -2.55. The van der Waals surface area contributed by atoms with Crippen molar-refractivity contribution < 1.29 is 57.7 Å². The zero-order valence-corrected chi connectivity index (χ0v) is 32.0. The number of nitrogens with zero attached hydrogens (tertiary/aromatic N) is 6. The highest BCUT2D eigenvalue weighted by Gasteiger charge is 2.48. The summed E-state index contributed by atoms with van der Waals surface area (Å²) in [7, 11) is -4.41. The number of rotatable bonds is 21. The molecule has 2 aromatic heterocycles. The van der Waals surface area contributed by atoms with Gasteiger partial charge in [0, 0.05) is 37.3 Å². The fourth-order valence-electron chi connectivity index (χ4n) is 7.03. The van der Waals surface area contributed by atoms with Gasteiger partial charge in [0.2, 0.25) is 5.28 Å². The summed E-state index contributed by atoms with van der Waals surface area (Å²) in [4.78, 5) is 31.6. The van der Waals surface area contributed by atoms with Crippen LogP contribution in [0.3, 0.4) is 0 Å². The zero-order valence-electron chi connectivity index (χ0n) is 30.4. The van der Waals surface area contributed by atoms with E-state index in [1.54, 1.807) is 6.20 Å². The third-order valence-corrected chi connectivity index (χ3v) is 10.2. The second-order valence-corrected chi connectivity index (χ2v) is 15.6. The molecule has 5 heterocycles. The molecule has 4 atom stereocenters. The lowest BCUT2D eigenvalue weighted by atomic mass is 9.73. The fourth-order valence-corrected chi connectivity index (χ4v) is 7.53. The second-order valence-electron chi connectivity index (χ2n) is 13.7. The number of halogens is 1. The van der Waals surface area contributed by atoms with Crippen molar-refractivity contribution in [1.82, 2.24) is 19.7 Å². The number of anilines is 2. The summed E-state index contributed by atoms with van der Waals surface area (Å²) in [6, 6.07) is 8.11. The van der Waals surface area contributed by atoms with E-state index in [-0.39, 0.29) is 23.9 Å². The summed E-state index contributed by atoms with van der Waals surface area (Å²) in [5, 5.41) is 26.3. The number of aliphatic hydroxyl groups excluding tert-OH is 2. The van der Waals surface area contributed by atoms with Gasteiger partial charge in [0.05, 0.1) is 64.4 Å². The van der Waals surface area contributed by atoms with Gasteiger partial charge in [-0.3, -0.25) is 4.57 Å². The normalized spacial score (nSPS) is 22.3. The Kier molecular flexibility index (Phi) is 14.6. The number of hydrogen-bond acceptors (Lipinski definition) is 15. The van der Waals surface area contributed by atoms with Crippen LogP contribution in [-0.4, -0.2) is 157 Å². The second kappa shape index (κ2) is 19.3. The van der Waals surface area contributed by atoms with Crippen molar-refractivity contribution in [3.63, 3.8) is 0 Å². The van der Waals surface area contributed by atoms with E-state index < -0.39 is 38.5 Å². The third kappa shape index (κ3) is 11.0. The minimum absolute atomic E-state index is 0.00940. The van der Waals surface area contributed by atoms with Gasteiger partial charge in [0.1, 0.15) is 49.4 Å². The van der Waals surface area contributed by atoms with Gasteiger partial charge in [-0.25, -0.2) is 4.68 Å². The molecule has 20 heteroatoms. The van der Waals surface area contributed by atoms with E-state index >= 15 is 0 Å². The molecule has 3 aliphatic heterocycles. The van der Waals surface area contributed by atoms with Crippen LogP contribution in [0.2, 0.25) is 5.28 Å². The van der Waals surface area contributed by atoms with Gasteiger partial charge in [-0.1, -0.05) is 5.92 Å². The van der Waals surface area contributed by atoms with Gasteiger partial charge in [-0.05, 0) is 48.7 Å². The monoisotopic (exact) mass is 810 g/mol. The smallest absolute Gasteiger partial charge is 0.350 e. The fraction of sp³-hybridized carbons (Fsp3) is 0.629. The summed E-state index contributed by atoms with van der Waals surface area (Å²) in [6.45, 7) is 6.99. The highest BCUT2D eigenvalue weighted by atomic mass is 35.5. The summed E-state index contributed by atoms with van der Waals surface area (Å²) in [5.74, 6) is 3.78. The van der Waals surface area contributed by atoms with E-state index in [9.17, 15) is 14.8 Å². The first-order valence-corrected chi connectivity index (χ1v) is 20.3. The Balaban J connectivity index is 0.945. The minimum atomic E-state index is -4.41. The Morgan fingerprint density at radius 3 is 2.24 bits per heavy atom. The SMILES string of the molecule is C#CCOCCOCCOCCOCCOc1ccc(N2CCCC3(C2)CN(c2nc(Cl)nc4c2cnn4[C@@H]2O[C@H](COCP(=O)(O)O)[C@@H](O)[C@H]2O)C3)cc1. The molecule has 3 aliphatic rings. The van der Waals surface area contributed by atoms with E-state index in [1.807, 2.05) is 12.1 Å². The first-order valence-electron chi connectivity index (χ1n) is 18.1. The van der Waals surface area contributed by atoms with Crippen molar-refractivity contribution in [3.05, 3.63) is 35.7 Å². The van der Waals surface area contributed by atoms with Gasteiger partial charge in [-0.2, -0.15) is 15.1 Å². The molecule has 4 N–H and O–H groups in total. The number of hydrogen-bond donors (Lipinski definition) is 4. The maximum atomic E-state index is 11.1. The molecule has 55 heavy (non-hydrogen) atoms. The molecule has 1 aromatic carbocycles. The largest absolute Gasteiger partial charge is 0.491 e. The summed E-state index contributed by atoms with van der Waals surface area (Å²) < 4.78 is 50.8. The van der Waals surface area contributed by atoms with Gasteiger partial charge in [0.25, 0.3) is 0 Å². The molecular formula is C35H48ClN6O12P. The summed E-state index contributed by atoms with van der Waals surface area (Å²) in [6.07, 6.45) is 2.95. The lowest BCUT2D eigenvalue weighted by molar-refractivity contribution is -0.0658. The quantitative estimate of drug-likeness (QED) is 0.0519. The predicted molar refractivity (Wildman–Crippen MR) is 199 cm³/mol. The van der Waals surface area contributed by atoms with Crippen LogP contribution in [-0.2, 0) is 33.0 Å². The first kappa shape index (κ1) is 41.5. The maximum Gasteiger partial charge on any atom is 0.350 e. The molecule has 0 amide bonds. The molecule has 0 aliphatic carbocycles. The number of terminal acetylenes is 1. The summed E-state index contributed by atoms with van der Waals surface area (Å²) in [5.41, 5.74) is 1.49. The van der Waals surface area contributed by atoms with Crippen LogP contribution in [0.15, 0.2) is 30.5 Å². The van der Waals surface area contributed by atoms with Gasteiger partial charge < -0.3 is 63.0 Å². The number of ether oxygens (including phenoxy) is 7. The third-order valence-electron chi connectivity index (χ3n) is 9.54. The molecule has 0 saturated carbocycles. The first-order chi connectivity index (χ1) is 26.6. The standard InChI is InChI=1S/C35H48ClN6O12P/c1-2-10-48-11-12-49-13-14-50-15-16-51-17-18-53-26-6-4-25(5-7-26)40-9-3-8-35(21-40)22-41(23-35)31-27-19-37-42(32(27)39-34(36)38-31)33-30(44)29(43)28(54-33)20-52-24-55(45,46)47/h1,4-7,19,28-30,33,43-44H,3,8-18,20-24H2,(H2,45,46,47)/t28-,29-,30-,33-/m1/s1. The van der Waals surface area contributed by atoms with Crippen LogP contribution >= 0.6 is 19.2 Å². The molecular weight excluding hydrogens is 763 g/mol. The minimum Gasteiger partial charge on any atom is -0.491 e. The molecule has 0 bridgehead atoms. The van der Waals surface area contributed by atoms with Crippen LogP contribution < -0.4 is 14.5 Å². The van der Waals surface area contributed by atoms with E-state index in [2.05, 4.69) is 42.9 Å². The molecule has 3 aromatic rings. The highest BCUT2D eigenvalue weighted by molar-refractivity contribution is 7.51. The van der Waals surface area contributed by atoms with Gasteiger partial charge in [0.15, 0.2) is 11.9 Å². The number of fused-ring (bicyclic) bond motifs is 1. The van der Waals surface area contributed by atoms with E-state index in [0.29, 0.717) is 69.7 Å². The molecule has 1 spiro atoms. The van der Waals surface area contributed by atoms with Crippen LogP contribution in [0, 0.1) is 17.8 Å². The van der Waals surface area contributed by atoms with E-state index in [0.717, 1.165) is 50.5 Å². The molecule has 0 radical (unpaired) electrons. The van der Waals surface area contributed by atoms with Crippen molar-refractivity contribution in [3.8, 4) is 18.1 Å². The van der Waals surface area contributed by atoms with Crippen LogP contribution in [0.25, 0.3) is 11.0 Å². The Morgan fingerprint density at radius 2 is 1.56 bits per heavy atom. The average Bonchev–Trinajstić information content (AvgIpc) is 3.69. The van der Waals surface area contributed by atoms with Crippen LogP contribution in [0.5, 0.6) is 5.75 Å². The molecule has 3 saturated heterocycles. The number of aliphatic hydroxyl groups is 2. The number of benzene rings is 1.